The van der Waals surface area contributed by atoms with Crippen LogP contribution in [0.5, 0.6) is 0 Å². The van der Waals surface area contributed by atoms with Crippen molar-refractivity contribution in [1.82, 2.24) is 0 Å². The number of hydrogen-bond donors (Lipinski definition) is 0. The highest BCUT2D eigenvalue weighted by Gasteiger charge is 2.57. The van der Waals surface area contributed by atoms with Gasteiger partial charge < -0.3 is 52.1 Å². The lowest BCUT2D eigenvalue weighted by atomic mass is 9.96. The molecule has 264 valence electrons. The summed E-state index contributed by atoms with van der Waals surface area (Å²) in [5.41, 5.74) is 0. The molecule has 0 saturated carbocycles. The van der Waals surface area contributed by atoms with Gasteiger partial charge in [-0.05, 0) is 0 Å². The van der Waals surface area contributed by atoms with Crippen molar-refractivity contribution >= 4 is 47.8 Å². The van der Waals surface area contributed by atoms with Crippen LogP contribution in [-0.2, 0) is 90.5 Å². The van der Waals surface area contributed by atoms with Crippen LogP contribution in [0.15, 0.2) is 0 Å². The van der Waals surface area contributed by atoms with Crippen molar-refractivity contribution in [3.05, 3.63) is 0 Å². The molecule has 19 heteroatoms. The van der Waals surface area contributed by atoms with Crippen LogP contribution in [0.3, 0.4) is 0 Å². The molecule has 2 aliphatic heterocycles. The molecule has 47 heavy (non-hydrogen) atoms. The van der Waals surface area contributed by atoms with Gasteiger partial charge in [0.05, 0.1) is 0 Å². The molecule has 0 aromatic carbocycles. The van der Waals surface area contributed by atoms with Gasteiger partial charge in [0, 0.05) is 55.4 Å². The van der Waals surface area contributed by atoms with E-state index >= 15 is 0 Å². The summed E-state index contributed by atoms with van der Waals surface area (Å²) in [5, 5.41) is 0. The van der Waals surface area contributed by atoms with E-state index in [0.717, 1.165) is 55.4 Å². The van der Waals surface area contributed by atoms with Gasteiger partial charge in [0.25, 0.3) is 0 Å². The van der Waals surface area contributed by atoms with Crippen LogP contribution in [0.1, 0.15) is 55.4 Å². The van der Waals surface area contributed by atoms with Gasteiger partial charge in [-0.1, -0.05) is 0 Å². The summed E-state index contributed by atoms with van der Waals surface area (Å²) < 4.78 is 60.1. The Morgan fingerprint density at radius 1 is 0.383 bits per heavy atom. The zero-order valence-corrected chi connectivity index (χ0v) is 26.9. The van der Waals surface area contributed by atoms with E-state index in [1.54, 1.807) is 0 Å². The lowest BCUT2D eigenvalue weighted by molar-refractivity contribution is -0.377. The van der Waals surface area contributed by atoms with E-state index in [1.165, 1.54) is 0 Å². The van der Waals surface area contributed by atoms with Crippen LogP contribution >= 0.6 is 0 Å². The second kappa shape index (κ2) is 17.5. The van der Waals surface area contributed by atoms with E-state index in [0.29, 0.717) is 0 Å². The number of carbonyl (C=O) groups excluding carboxylic acids is 8. The molecule has 19 nitrogen and oxygen atoms in total. The maximum absolute atomic E-state index is 12.2. The maximum Gasteiger partial charge on any atom is 0.303 e. The van der Waals surface area contributed by atoms with Gasteiger partial charge in [-0.3, -0.25) is 38.4 Å². The summed E-state index contributed by atoms with van der Waals surface area (Å²) in [6, 6.07) is 0. The molecular weight excluding hydrogens is 640 g/mol. The fraction of sp³-hybridized carbons (Fsp3) is 0.714. The van der Waals surface area contributed by atoms with Crippen LogP contribution in [-0.4, -0.2) is 122 Å². The van der Waals surface area contributed by atoms with E-state index in [1.807, 2.05) is 0 Å². The minimum atomic E-state index is -1.84. The molecule has 10 atom stereocenters. The molecule has 2 aliphatic rings. The number of ether oxygens (including phenoxy) is 11. The first-order valence-electron chi connectivity index (χ1n) is 14.2. The van der Waals surface area contributed by atoms with Gasteiger partial charge in [0.2, 0.25) is 12.6 Å². The smallest absolute Gasteiger partial charge is 0.303 e. The van der Waals surface area contributed by atoms with Crippen LogP contribution in [0.2, 0.25) is 0 Å². The van der Waals surface area contributed by atoms with E-state index in [2.05, 4.69) is 0 Å². The summed E-state index contributed by atoms with van der Waals surface area (Å²) in [6.45, 7) is 7.10. The zero-order valence-electron chi connectivity index (χ0n) is 26.9. The largest absolute Gasteiger partial charge is 0.463 e. The molecule has 2 saturated heterocycles. The molecule has 0 bridgehead atoms. The second-order valence-electron chi connectivity index (χ2n) is 10.3. The van der Waals surface area contributed by atoms with Crippen LogP contribution in [0.25, 0.3) is 0 Å². The van der Waals surface area contributed by atoms with Crippen LogP contribution in [0.4, 0.5) is 0 Å². The highest BCUT2D eigenvalue weighted by Crippen LogP contribution is 2.35. The van der Waals surface area contributed by atoms with Gasteiger partial charge in [-0.15, -0.1) is 0 Å². The molecule has 2 fully saturated rings. The minimum absolute atomic E-state index is 0.587. The Labute approximate surface area is 268 Å². The van der Waals surface area contributed by atoms with Crippen molar-refractivity contribution in [2.24, 2.45) is 0 Å². The average Bonchev–Trinajstić information content (AvgIpc) is 2.91. The first kappa shape index (κ1) is 38.8. The Balaban J connectivity index is 2.69. The first-order chi connectivity index (χ1) is 21.9. The summed E-state index contributed by atoms with van der Waals surface area (Å²) in [5.74, 6) is -6.98. The zero-order chi connectivity index (χ0) is 35.6. The van der Waals surface area contributed by atoms with Gasteiger partial charge in [0.1, 0.15) is 25.4 Å². The average molecular weight is 679 g/mol. The SMILES string of the molecule is CC(=O)OC[C@@H]1O[C@@H](O[C@H]2O[C@@H](COC(C)=O)[C@@H](OC(C)=O)[C@@H](OC(C)=O)[C@H]2OC(C)=O)[C@@H](OC(C)=O)[C@@H](OC(C)=O)[C@@H]1OC(C)=O. The third kappa shape index (κ3) is 12.1. The Morgan fingerprint density at radius 3 is 0.894 bits per heavy atom. The molecular formula is C28H38O19. The standard InChI is InChI=1S/C28H38O19/c1-11(29)37-9-19-21(39-13(3)31)23(41-15(5)33)25(43-17(7)35)27(45-19)47-28-26(44-18(8)36)24(42-16(6)34)22(40-14(4)32)20(46-28)10-38-12(2)30/h19-28H,9-10H2,1-8H3/t19-,20-,21+,22+,23-,24+,25-,26+,27-,28+/m0/s1. The molecule has 0 amide bonds. The quantitative estimate of drug-likeness (QED) is 0.181. The van der Waals surface area contributed by atoms with Gasteiger partial charge in [-0.2, -0.15) is 0 Å². The summed E-state index contributed by atoms with van der Waals surface area (Å²) in [7, 11) is 0. The summed E-state index contributed by atoms with van der Waals surface area (Å²) >= 11 is 0. The first-order valence-corrected chi connectivity index (χ1v) is 14.2. The van der Waals surface area contributed by atoms with Crippen molar-refractivity contribution in [2.45, 2.75) is 117 Å². The highest BCUT2D eigenvalue weighted by molar-refractivity contribution is 5.70. The van der Waals surface area contributed by atoms with Crippen LogP contribution in [0, 0.1) is 0 Å². The van der Waals surface area contributed by atoms with Crippen molar-refractivity contribution in [3.63, 3.8) is 0 Å². The third-order valence-electron chi connectivity index (χ3n) is 6.16. The molecule has 0 aliphatic carbocycles. The lowest BCUT2D eigenvalue weighted by Crippen LogP contribution is -2.66. The van der Waals surface area contributed by atoms with E-state index in [9.17, 15) is 38.4 Å². The summed E-state index contributed by atoms with van der Waals surface area (Å²) in [6.07, 6.45) is -16.3. The van der Waals surface area contributed by atoms with E-state index in [-0.39, 0.29) is 0 Å². The Hall–Kier alpha value is -4.36. The fourth-order valence-electron chi connectivity index (χ4n) is 4.73. The molecule has 0 aromatic heterocycles. The second-order valence-corrected chi connectivity index (χ2v) is 10.3. The molecule has 2 rings (SSSR count). The molecule has 0 N–H and O–H groups in total. The van der Waals surface area contributed by atoms with E-state index in [4.69, 9.17) is 52.1 Å². The predicted octanol–water partition coefficient (Wildman–Crippen LogP) is -0.831. The minimum Gasteiger partial charge on any atom is -0.463 e. The fourth-order valence-corrected chi connectivity index (χ4v) is 4.73. The topological polar surface area (TPSA) is 238 Å². The van der Waals surface area contributed by atoms with Gasteiger partial charge in [-0.25, -0.2) is 0 Å². The lowest BCUT2D eigenvalue weighted by Gasteiger charge is -2.48. The number of hydrogen-bond acceptors (Lipinski definition) is 19. The summed E-state index contributed by atoms with van der Waals surface area (Å²) in [4.78, 5) is 96.2. The Kier molecular flexibility index (Phi) is 14.5. The highest BCUT2D eigenvalue weighted by atomic mass is 16.8. The number of carbonyl (C=O) groups is 8. The Morgan fingerprint density at radius 2 is 0.638 bits per heavy atom. The molecule has 0 spiro atoms. The monoisotopic (exact) mass is 678 g/mol. The number of esters is 8. The van der Waals surface area contributed by atoms with Crippen molar-refractivity contribution in [2.75, 3.05) is 13.2 Å². The normalized spacial score (nSPS) is 30.0. The van der Waals surface area contributed by atoms with E-state index < -0.39 is 122 Å². The molecule has 2 heterocycles. The van der Waals surface area contributed by atoms with Crippen molar-refractivity contribution in [1.29, 1.82) is 0 Å². The van der Waals surface area contributed by atoms with Gasteiger partial charge in [0.15, 0.2) is 36.6 Å². The maximum atomic E-state index is 12.2. The number of rotatable bonds is 12. The van der Waals surface area contributed by atoms with Crippen molar-refractivity contribution in [3.8, 4) is 0 Å². The van der Waals surface area contributed by atoms with Gasteiger partial charge >= 0.3 is 47.8 Å². The molecule has 0 aromatic rings. The molecule has 0 unspecified atom stereocenters. The molecule has 0 radical (unpaired) electrons. The van der Waals surface area contributed by atoms with Crippen molar-refractivity contribution < 1.29 is 90.5 Å². The Bertz CT molecular complexity index is 1110. The predicted molar refractivity (Wildman–Crippen MR) is 145 cm³/mol. The third-order valence-corrected chi connectivity index (χ3v) is 6.16. The van der Waals surface area contributed by atoms with Crippen LogP contribution < -0.4 is 0 Å².